The summed E-state index contributed by atoms with van der Waals surface area (Å²) in [7, 11) is 1.73. The fraction of sp³-hybridized carbons (Fsp3) is 0.565. The topological polar surface area (TPSA) is 91.7 Å². The molecule has 0 bridgehead atoms. The van der Waals surface area contributed by atoms with Gasteiger partial charge in [0.15, 0.2) is 0 Å². The van der Waals surface area contributed by atoms with E-state index in [0.29, 0.717) is 24.3 Å². The minimum atomic E-state index is -0.642. The van der Waals surface area contributed by atoms with Crippen molar-refractivity contribution in [3.63, 3.8) is 0 Å². The number of aromatic amines is 1. The molecule has 4 rings (SSSR count). The van der Waals surface area contributed by atoms with Crippen LogP contribution in [-0.4, -0.2) is 53.7 Å². The minimum Gasteiger partial charge on any atom is -0.444 e. The molecule has 1 saturated heterocycles. The lowest BCUT2D eigenvalue weighted by Crippen LogP contribution is -2.50. The van der Waals surface area contributed by atoms with Crippen LogP contribution < -0.4 is 10.6 Å². The normalized spacial score (nSPS) is 18.9. The first-order chi connectivity index (χ1) is 14.6. The summed E-state index contributed by atoms with van der Waals surface area (Å²) in [6.07, 6.45) is 4.00. The van der Waals surface area contributed by atoms with Crippen molar-refractivity contribution in [3.8, 4) is 0 Å². The number of H-pyrrole nitrogens is 1. The summed E-state index contributed by atoms with van der Waals surface area (Å²) in [6.45, 7) is 6.69. The van der Waals surface area contributed by atoms with E-state index in [-0.39, 0.29) is 17.7 Å². The highest BCUT2D eigenvalue weighted by atomic mass is 19.1. The molecule has 31 heavy (non-hydrogen) atoms. The second-order valence-corrected chi connectivity index (χ2v) is 9.64. The van der Waals surface area contributed by atoms with Gasteiger partial charge in [0.1, 0.15) is 11.4 Å². The molecule has 0 saturated carbocycles. The molecule has 1 atom stereocenters. The zero-order valence-corrected chi connectivity index (χ0v) is 18.7. The first-order valence-corrected chi connectivity index (χ1v) is 10.9. The number of hydrogen-bond acceptors (Lipinski definition) is 4. The van der Waals surface area contributed by atoms with Crippen LogP contribution in [0.15, 0.2) is 6.07 Å². The van der Waals surface area contributed by atoms with Gasteiger partial charge in [-0.3, -0.25) is 4.79 Å². The Hall–Kier alpha value is -2.77. The molecule has 2 heterocycles. The van der Waals surface area contributed by atoms with Crippen LogP contribution in [0.5, 0.6) is 0 Å². The van der Waals surface area contributed by atoms with Crippen molar-refractivity contribution in [1.29, 1.82) is 0 Å². The average molecular weight is 431 g/mol. The summed E-state index contributed by atoms with van der Waals surface area (Å²) in [5, 5.41) is 0.766. The van der Waals surface area contributed by atoms with Gasteiger partial charge in [0, 0.05) is 31.2 Å². The predicted molar refractivity (Wildman–Crippen MR) is 118 cm³/mol. The van der Waals surface area contributed by atoms with Gasteiger partial charge >= 0.3 is 6.09 Å². The van der Waals surface area contributed by atoms with E-state index in [2.05, 4.69) is 4.98 Å². The maximum absolute atomic E-state index is 15.4. The maximum Gasteiger partial charge on any atom is 0.410 e. The number of fused-ring (bicyclic) bond motifs is 3. The van der Waals surface area contributed by atoms with Crippen LogP contribution in [0.3, 0.4) is 0 Å². The molecule has 3 N–H and O–H groups in total. The molecule has 1 aromatic carbocycles. The van der Waals surface area contributed by atoms with Crippen molar-refractivity contribution >= 4 is 28.6 Å². The number of nitrogens with two attached hydrogens (primary N) is 1. The summed E-state index contributed by atoms with van der Waals surface area (Å²) in [4.78, 5) is 31.5. The fourth-order valence-electron chi connectivity index (χ4n) is 4.83. The van der Waals surface area contributed by atoms with Gasteiger partial charge in [0.05, 0.1) is 22.8 Å². The Bertz CT molecular complexity index is 1040. The zero-order valence-electron chi connectivity index (χ0n) is 18.7. The number of amides is 2. The number of hydrogen-bond donors (Lipinski definition) is 2. The summed E-state index contributed by atoms with van der Waals surface area (Å²) in [5.74, 6) is -1.09. The van der Waals surface area contributed by atoms with Crippen LogP contribution in [0, 0.1) is 5.82 Å². The Kier molecular flexibility index (Phi) is 5.35. The molecule has 1 aromatic heterocycles. The fourth-order valence-corrected chi connectivity index (χ4v) is 4.83. The molecule has 0 unspecified atom stereocenters. The Morgan fingerprint density at radius 3 is 2.71 bits per heavy atom. The number of ether oxygens (including phenoxy) is 1. The number of primary amides is 1. The maximum atomic E-state index is 15.4. The minimum absolute atomic E-state index is 0.0964. The van der Waals surface area contributed by atoms with Crippen molar-refractivity contribution in [2.24, 2.45) is 5.73 Å². The van der Waals surface area contributed by atoms with E-state index in [1.165, 1.54) is 6.07 Å². The largest absolute Gasteiger partial charge is 0.444 e. The number of rotatable bonds is 3. The number of anilines is 1. The molecule has 2 aromatic rings. The van der Waals surface area contributed by atoms with Gasteiger partial charge in [-0.05, 0) is 64.5 Å². The summed E-state index contributed by atoms with van der Waals surface area (Å²) in [6, 6.07) is 1.15. The third-order valence-corrected chi connectivity index (χ3v) is 6.26. The van der Waals surface area contributed by atoms with Crippen LogP contribution in [0.2, 0.25) is 0 Å². The molecule has 0 radical (unpaired) electrons. The van der Waals surface area contributed by atoms with Gasteiger partial charge in [-0.25, -0.2) is 9.18 Å². The molecule has 168 valence electrons. The number of halogens is 1. The predicted octanol–water partition coefficient (Wildman–Crippen LogP) is 3.73. The molecule has 0 spiro atoms. The highest BCUT2D eigenvalue weighted by Crippen LogP contribution is 2.40. The van der Waals surface area contributed by atoms with Crippen molar-refractivity contribution in [2.45, 2.75) is 64.5 Å². The average Bonchev–Trinajstić information content (AvgIpc) is 3.27. The number of piperidine rings is 1. The Morgan fingerprint density at radius 2 is 2.03 bits per heavy atom. The number of likely N-dealkylation sites (N-methyl/N-ethyl adjacent to an activating group) is 1. The highest BCUT2D eigenvalue weighted by Gasteiger charge is 2.33. The number of carbonyl (C=O) groups is 2. The number of carbonyl (C=O) groups excluding carboxylic acids is 2. The van der Waals surface area contributed by atoms with E-state index in [1.54, 1.807) is 11.9 Å². The smallest absolute Gasteiger partial charge is 0.410 e. The molecular formula is C23H31FN4O3. The third-order valence-electron chi connectivity index (χ3n) is 6.26. The first kappa shape index (κ1) is 21.5. The Labute approximate surface area is 181 Å². The number of benzene rings is 1. The summed E-state index contributed by atoms with van der Waals surface area (Å²) in [5.41, 5.74) is 8.41. The third kappa shape index (κ3) is 3.95. The Balaban J connectivity index is 1.70. The number of nitrogens with zero attached hydrogens (tertiary/aromatic N) is 2. The van der Waals surface area contributed by atoms with E-state index in [0.717, 1.165) is 48.7 Å². The van der Waals surface area contributed by atoms with Crippen molar-refractivity contribution in [3.05, 3.63) is 28.7 Å². The van der Waals surface area contributed by atoms with Gasteiger partial charge < -0.3 is 25.3 Å². The standard InChI is InChI=1S/C23H31FN4O3/c1-23(2,3)31-22(30)27(4)13-7-6-10-28(12-13)20-16(24)11-15(21(25)29)19-18(20)14-8-5-9-17(14)26-19/h11,13,26H,5-10,12H2,1-4H3,(H2,25,29)/t13-/m0/s1. The lowest BCUT2D eigenvalue weighted by molar-refractivity contribution is 0.0209. The van der Waals surface area contributed by atoms with Crippen LogP contribution in [0.1, 0.15) is 61.6 Å². The molecule has 2 aliphatic rings. The van der Waals surface area contributed by atoms with Crippen molar-refractivity contribution in [1.82, 2.24) is 9.88 Å². The second kappa shape index (κ2) is 7.73. The van der Waals surface area contributed by atoms with Crippen LogP contribution in [0.25, 0.3) is 10.9 Å². The monoisotopic (exact) mass is 430 g/mol. The van der Waals surface area contributed by atoms with E-state index in [4.69, 9.17) is 10.5 Å². The lowest BCUT2D eigenvalue weighted by Gasteiger charge is -2.39. The van der Waals surface area contributed by atoms with Gasteiger partial charge in [-0.15, -0.1) is 0 Å². The Morgan fingerprint density at radius 1 is 1.29 bits per heavy atom. The summed E-state index contributed by atoms with van der Waals surface area (Å²) >= 11 is 0. The number of aromatic nitrogens is 1. The van der Waals surface area contributed by atoms with Crippen molar-refractivity contribution < 1.29 is 18.7 Å². The first-order valence-electron chi connectivity index (χ1n) is 10.9. The van der Waals surface area contributed by atoms with Crippen LogP contribution in [-0.2, 0) is 17.6 Å². The SMILES string of the molecule is CN(C(=O)OC(C)(C)C)[C@H]1CCCN(c2c(F)cc(C(N)=O)c3[nH]c4c(c23)CCC4)C1. The molecular weight excluding hydrogens is 399 g/mol. The molecule has 2 amide bonds. The van der Waals surface area contributed by atoms with Crippen LogP contribution in [0.4, 0.5) is 14.9 Å². The molecule has 7 nitrogen and oxygen atoms in total. The van der Waals surface area contributed by atoms with E-state index in [9.17, 15) is 9.59 Å². The highest BCUT2D eigenvalue weighted by molar-refractivity contribution is 6.10. The van der Waals surface area contributed by atoms with Crippen molar-refractivity contribution in [2.75, 3.05) is 25.0 Å². The lowest BCUT2D eigenvalue weighted by atomic mass is 9.99. The number of nitrogens with one attached hydrogen (secondary N) is 1. The number of aryl methyl sites for hydroxylation is 2. The quantitative estimate of drug-likeness (QED) is 0.776. The van der Waals surface area contributed by atoms with Gasteiger partial charge in [-0.1, -0.05) is 0 Å². The van der Waals surface area contributed by atoms with Gasteiger partial charge in [0.2, 0.25) is 0 Å². The molecule has 1 fully saturated rings. The second-order valence-electron chi connectivity index (χ2n) is 9.64. The van der Waals surface area contributed by atoms with E-state index in [1.807, 2.05) is 25.7 Å². The zero-order chi connectivity index (χ0) is 22.5. The molecule has 8 heteroatoms. The van der Waals surface area contributed by atoms with Crippen LogP contribution >= 0.6 is 0 Å². The van der Waals surface area contributed by atoms with E-state index < -0.39 is 17.3 Å². The van der Waals surface area contributed by atoms with E-state index >= 15 is 4.39 Å². The van der Waals surface area contributed by atoms with Gasteiger partial charge in [0.25, 0.3) is 5.91 Å². The summed E-state index contributed by atoms with van der Waals surface area (Å²) < 4.78 is 20.9. The van der Waals surface area contributed by atoms with Gasteiger partial charge in [-0.2, -0.15) is 0 Å². The molecule has 1 aliphatic carbocycles. The molecule has 1 aliphatic heterocycles.